The van der Waals surface area contributed by atoms with Crippen molar-refractivity contribution in [2.75, 3.05) is 5.32 Å². The van der Waals surface area contributed by atoms with E-state index in [4.69, 9.17) is 23.2 Å². The normalized spacial score (nSPS) is 10.7. The van der Waals surface area contributed by atoms with Gasteiger partial charge in [0.2, 0.25) is 0 Å². The molecule has 128 valence electrons. The fourth-order valence-electron chi connectivity index (χ4n) is 2.48. The molecule has 5 nitrogen and oxygen atoms in total. The van der Waals surface area contributed by atoms with Crippen LogP contribution < -0.4 is 5.32 Å². The van der Waals surface area contributed by atoms with Crippen LogP contribution in [-0.2, 0) is 0 Å². The summed E-state index contributed by atoms with van der Waals surface area (Å²) in [6, 6.07) is 16.8. The molecule has 0 unspecified atom stereocenters. The van der Waals surface area contributed by atoms with E-state index in [0.717, 1.165) is 22.6 Å². The van der Waals surface area contributed by atoms with E-state index >= 15 is 0 Å². The molecular formula is C19H13Cl2N5. The van der Waals surface area contributed by atoms with Gasteiger partial charge >= 0.3 is 0 Å². The van der Waals surface area contributed by atoms with Crippen molar-refractivity contribution in [3.05, 3.63) is 83.4 Å². The lowest BCUT2D eigenvalue weighted by Gasteiger charge is -2.06. The Kier molecular flexibility index (Phi) is 4.56. The Balaban J connectivity index is 1.59. The Morgan fingerprint density at radius 2 is 1.73 bits per heavy atom. The summed E-state index contributed by atoms with van der Waals surface area (Å²) in [6.45, 7) is 0. The van der Waals surface area contributed by atoms with Crippen LogP contribution in [0.3, 0.4) is 0 Å². The molecule has 0 saturated carbocycles. The lowest BCUT2D eigenvalue weighted by atomic mass is 10.2. The quantitative estimate of drug-likeness (QED) is 0.515. The topological polar surface area (TPSA) is 55.6 Å². The third-order valence-corrected chi connectivity index (χ3v) is 4.22. The minimum absolute atomic E-state index is 0.663. The van der Waals surface area contributed by atoms with Crippen molar-refractivity contribution in [1.29, 1.82) is 0 Å². The third-order valence-electron chi connectivity index (χ3n) is 3.73. The Bertz CT molecular complexity index is 1040. The number of nitrogens with one attached hydrogen (secondary N) is 1. The number of aromatic nitrogens is 4. The predicted molar refractivity (Wildman–Crippen MR) is 104 cm³/mol. The summed E-state index contributed by atoms with van der Waals surface area (Å²) in [7, 11) is 0. The first kappa shape index (κ1) is 16.6. The van der Waals surface area contributed by atoms with Crippen LogP contribution in [0.1, 0.15) is 0 Å². The van der Waals surface area contributed by atoms with Crippen LogP contribution in [0.25, 0.3) is 16.9 Å². The van der Waals surface area contributed by atoms with E-state index in [0.29, 0.717) is 15.9 Å². The molecule has 0 amide bonds. The van der Waals surface area contributed by atoms with E-state index in [1.165, 1.54) is 6.33 Å². The van der Waals surface area contributed by atoms with E-state index in [9.17, 15) is 0 Å². The largest absolute Gasteiger partial charge is 0.340 e. The summed E-state index contributed by atoms with van der Waals surface area (Å²) in [5, 5.41) is 8.97. The van der Waals surface area contributed by atoms with Gasteiger partial charge in [-0.1, -0.05) is 29.3 Å². The van der Waals surface area contributed by atoms with Gasteiger partial charge in [-0.3, -0.25) is 0 Å². The molecule has 0 atom stereocenters. The summed E-state index contributed by atoms with van der Waals surface area (Å²) >= 11 is 12.0. The molecule has 0 saturated heterocycles. The van der Waals surface area contributed by atoms with Crippen molar-refractivity contribution in [3.8, 4) is 16.9 Å². The van der Waals surface area contributed by atoms with E-state index in [1.54, 1.807) is 10.9 Å². The fourth-order valence-corrected chi connectivity index (χ4v) is 2.79. The van der Waals surface area contributed by atoms with Crippen LogP contribution in [-0.4, -0.2) is 19.7 Å². The summed E-state index contributed by atoms with van der Waals surface area (Å²) in [5.74, 6) is 0.688. The number of halogens is 2. The minimum atomic E-state index is 0.663. The zero-order valence-electron chi connectivity index (χ0n) is 13.5. The Morgan fingerprint density at radius 1 is 0.885 bits per heavy atom. The molecule has 0 aliphatic heterocycles. The van der Waals surface area contributed by atoms with Gasteiger partial charge in [-0.05, 0) is 42.5 Å². The highest BCUT2D eigenvalue weighted by Crippen LogP contribution is 2.23. The van der Waals surface area contributed by atoms with Crippen molar-refractivity contribution in [2.45, 2.75) is 0 Å². The molecule has 0 spiro atoms. The molecule has 26 heavy (non-hydrogen) atoms. The lowest BCUT2D eigenvalue weighted by Crippen LogP contribution is -1.95. The van der Waals surface area contributed by atoms with Gasteiger partial charge in [0.05, 0.1) is 17.6 Å². The van der Waals surface area contributed by atoms with Crippen LogP contribution >= 0.6 is 23.2 Å². The van der Waals surface area contributed by atoms with Gasteiger partial charge < -0.3 is 5.32 Å². The van der Waals surface area contributed by atoms with Gasteiger partial charge in [0, 0.05) is 33.6 Å². The maximum absolute atomic E-state index is 6.05. The fraction of sp³-hybridized carbons (Fsp3) is 0. The van der Waals surface area contributed by atoms with E-state index in [2.05, 4.69) is 20.4 Å². The van der Waals surface area contributed by atoms with Gasteiger partial charge in [0.1, 0.15) is 12.1 Å². The first-order valence-corrected chi connectivity index (χ1v) is 8.58. The summed E-state index contributed by atoms with van der Waals surface area (Å²) in [5.41, 5.74) is 3.43. The first-order chi connectivity index (χ1) is 12.7. The molecule has 0 fully saturated rings. The molecule has 7 heteroatoms. The second-order valence-corrected chi connectivity index (χ2v) is 6.45. The Labute approximate surface area is 160 Å². The zero-order chi connectivity index (χ0) is 17.9. The van der Waals surface area contributed by atoms with Gasteiger partial charge in [0.15, 0.2) is 0 Å². The zero-order valence-corrected chi connectivity index (χ0v) is 15.0. The summed E-state index contributed by atoms with van der Waals surface area (Å²) in [6.07, 6.45) is 5.18. The molecule has 4 rings (SSSR count). The highest BCUT2D eigenvalue weighted by Gasteiger charge is 2.07. The minimum Gasteiger partial charge on any atom is -0.340 e. The Hall–Kier alpha value is -2.89. The van der Waals surface area contributed by atoms with Crippen molar-refractivity contribution >= 4 is 34.7 Å². The Morgan fingerprint density at radius 3 is 2.54 bits per heavy atom. The number of rotatable bonds is 4. The van der Waals surface area contributed by atoms with Crippen LogP contribution in [0.2, 0.25) is 10.0 Å². The maximum atomic E-state index is 6.05. The van der Waals surface area contributed by atoms with Crippen LogP contribution in [0.4, 0.5) is 11.5 Å². The van der Waals surface area contributed by atoms with Crippen molar-refractivity contribution < 1.29 is 0 Å². The molecule has 0 bridgehead atoms. The second-order valence-electron chi connectivity index (χ2n) is 5.57. The van der Waals surface area contributed by atoms with Gasteiger partial charge in [0.25, 0.3) is 0 Å². The molecule has 0 aliphatic rings. The summed E-state index contributed by atoms with van der Waals surface area (Å²) in [4.78, 5) is 8.60. The van der Waals surface area contributed by atoms with Crippen molar-refractivity contribution in [3.63, 3.8) is 0 Å². The maximum Gasteiger partial charge on any atom is 0.134 e. The van der Waals surface area contributed by atoms with Gasteiger partial charge in [-0.25, -0.2) is 14.6 Å². The number of anilines is 2. The smallest absolute Gasteiger partial charge is 0.134 e. The van der Waals surface area contributed by atoms with Crippen LogP contribution in [0, 0.1) is 0 Å². The van der Waals surface area contributed by atoms with Crippen LogP contribution in [0.15, 0.2) is 73.3 Å². The van der Waals surface area contributed by atoms with E-state index in [-0.39, 0.29) is 0 Å². The lowest BCUT2D eigenvalue weighted by molar-refractivity contribution is 0.881. The van der Waals surface area contributed by atoms with E-state index in [1.807, 2.05) is 60.8 Å². The molecule has 0 radical (unpaired) electrons. The van der Waals surface area contributed by atoms with E-state index < -0.39 is 0 Å². The average Bonchev–Trinajstić information content (AvgIpc) is 3.14. The molecular weight excluding hydrogens is 369 g/mol. The van der Waals surface area contributed by atoms with Crippen molar-refractivity contribution in [2.24, 2.45) is 0 Å². The van der Waals surface area contributed by atoms with Gasteiger partial charge in [-0.2, -0.15) is 5.10 Å². The number of hydrogen-bond acceptors (Lipinski definition) is 4. The molecule has 4 aromatic rings. The van der Waals surface area contributed by atoms with Gasteiger partial charge in [-0.15, -0.1) is 0 Å². The molecule has 2 aromatic carbocycles. The predicted octanol–water partition coefficient (Wildman–Crippen LogP) is 5.38. The average molecular weight is 382 g/mol. The summed E-state index contributed by atoms with van der Waals surface area (Å²) < 4.78 is 1.76. The SMILES string of the molecule is Clc1ccc(Nc2cc(-c3cnn(-c4cccc(Cl)c4)c3)ncn2)cc1. The number of hydrogen-bond donors (Lipinski definition) is 1. The molecule has 2 heterocycles. The molecule has 1 N–H and O–H groups in total. The monoisotopic (exact) mass is 381 g/mol. The molecule has 0 aliphatic carbocycles. The highest BCUT2D eigenvalue weighted by molar-refractivity contribution is 6.31. The molecule has 2 aromatic heterocycles. The number of benzene rings is 2. The van der Waals surface area contributed by atoms with Crippen LogP contribution in [0.5, 0.6) is 0 Å². The number of nitrogens with zero attached hydrogens (tertiary/aromatic N) is 4. The standard InChI is InChI=1S/C19H13Cl2N5/c20-14-4-6-16(7-5-14)25-19-9-18(22-12-23-19)13-10-24-26(11-13)17-3-1-2-15(21)8-17/h1-12H,(H,22,23,25). The second kappa shape index (κ2) is 7.15. The van der Waals surface area contributed by atoms with Crippen molar-refractivity contribution in [1.82, 2.24) is 19.7 Å². The first-order valence-electron chi connectivity index (χ1n) is 7.83. The third kappa shape index (κ3) is 3.69. The highest BCUT2D eigenvalue weighted by atomic mass is 35.5.